The van der Waals surface area contributed by atoms with E-state index in [2.05, 4.69) is 20.2 Å². The number of hydrogen-bond donors (Lipinski definition) is 0. The maximum absolute atomic E-state index is 12.1. The molecule has 0 saturated heterocycles. The van der Waals surface area contributed by atoms with Crippen molar-refractivity contribution in [1.82, 2.24) is 9.59 Å². The van der Waals surface area contributed by atoms with Crippen LogP contribution in [0.1, 0.15) is 11.3 Å². The number of benzene rings is 1. The number of nitrogens with zero attached hydrogens (tertiary/aromatic N) is 3. The number of fused-ring (bicyclic) bond motifs is 1. The Morgan fingerprint density at radius 1 is 1.47 bits per heavy atom. The molecule has 1 unspecified atom stereocenters. The fourth-order valence-electron chi connectivity index (χ4n) is 1.78. The Morgan fingerprint density at radius 3 is 3.11 bits per heavy atom. The first-order valence-electron chi connectivity index (χ1n) is 5.46. The maximum atomic E-state index is 12.1. The van der Waals surface area contributed by atoms with Gasteiger partial charge >= 0.3 is 123 Å². The number of hydrogen-bond acceptors (Lipinski definition) is 5. The number of aromatic nitrogens is 2. The number of rotatable bonds is 4. The van der Waals surface area contributed by atoms with Crippen molar-refractivity contribution in [2.75, 3.05) is 5.75 Å². The summed E-state index contributed by atoms with van der Waals surface area (Å²) >= 11 is 0.605. The molecular weight excluding hydrogens is 345 g/mol. The van der Waals surface area contributed by atoms with Gasteiger partial charge in [-0.25, -0.2) is 0 Å². The van der Waals surface area contributed by atoms with Crippen molar-refractivity contribution in [3.8, 4) is 0 Å². The van der Waals surface area contributed by atoms with Gasteiger partial charge in [0.2, 0.25) is 0 Å². The molecular formula is C12H9N3OS2Se. The molecule has 0 spiro atoms. The Kier molecular flexibility index (Phi) is 3.70. The molecule has 2 heterocycles. The van der Waals surface area contributed by atoms with Gasteiger partial charge in [-0.2, -0.15) is 0 Å². The quantitative estimate of drug-likeness (QED) is 0.477. The van der Waals surface area contributed by atoms with E-state index in [1.807, 2.05) is 29.7 Å². The Balaban J connectivity index is 2.12. The monoisotopic (exact) mass is 355 g/mol. The number of thioether (sulfide) groups is 1. The van der Waals surface area contributed by atoms with Gasteiger partial charge in [-0.3, -0.25) is 0 Å². The normalized spacial score (nSPS) is 17.1. The molecule has 3 rings (SSSR count). The van der Waals surface area contributed by atoms with E-state index in [0.717, 1.165) is 26.4 Å². The summed E-state index contributed by atoms with van der Waals surface area (Å²) in [4.78, 5) is 1.08. The van der Waals surface area contributed by atoms with Crippen LogP contribution in [0.15, 0.2) is 45.1 Å². The van der Waals surface area contributed by atoms with E-state index < -0.39 is 14.1 Å². The van der Waals surface area contributed by atoms with Gasteiger partial charge in [0.25, 0.3) is 0 Å². The molecule has 0 aliphatic carbocycles. The fraction of sp³-hybridized carbons (Fsp3) is 0.0833. The van der Waals surface area contributed by atoms with Gasteiger partial charge in [0.15, 0.2) is 0 Å². The first kappa shape index (κ1) is 12.9. The van der Waals surface area contributed by atoms with Gasteiger partial charge in [0.1, 0.15) is 0 Å². The van der Waals surface area contributed by atoms with Crippen molar-refractivity contribution < 1.29 is 3.83 Å². The predicted octanol–water partition coefficient (Wildman–Crippen LogP) is 1.79. The summed E-state index contributed by atoms with van der Waals surface area (Å²) in [6.07, 6.45) is 1.85. The second-order valence-electron chi connectivity index (χ2n) is 3.71. The summed E-state index contributed by atoms with van der Waals surface area (Å²) in [5.74, 6) is 0.808. The summed E-state index contributed by atoms with van der Waals surface area (Å²) < 4.78 is 21.2. The molecule has 0 amide bonds. The van der Waals surface area contributed by atoms with Gasteiger partial charge in [-0.05, 0) is 0 Å². The average Bonchev–Trinajstić information content (AvgIpc) is 3.05. The Labute approximate surface area is 123 Å². The molecule has 96 valence electrons. The standard InChI is InChI=1S/C12H9N3OS2Se/c1-2-6-17-9-4-3-5-10-11(9)12(14-19(10)16)8-7-18-15-13-8/h2-5,7H,1,6H2. The van der Waals surface area contributed by atoms with E-state index in [0.29, 0.717) is 5.69 Å². The first-order valence-corrected chi connectivity index (χ1v) is 9.60. The zero-order valence-corrected chi connectivity index (χ0v) is 13.1. The van der Waals surface area contributed by atoms with Crippen LogP contribution in [0.4, 0.5) is 0 Å². The van der Waals surface area contributed by atoms with Crippen molar-refractivity contribution in [3.05, 3.63) is 47.5 Å². The molecule has 19 heavy (non-hydrogen) atoms. The Hall–Kier alpha value is -1.14. The summed E-state index contributed by atoms with van der Waals surface area (Å²) in [7, 11) is 0. The van der Waals surface area contributed by atoms with E-state index in [1.165, 1.54) is 11.5 Å². The van der Waals surface area contributed by atoms with E-state index in [4.69, 9.17) is 0 Å². The molecule has 1 aromatic heterocycles. The fourth-order valence-corrected chi connectivity index (χ4v) is 5.34. The minimum absolute atomic E-state index is 0.708. The van der Waals surface area contributed by atoms with Crippen LogP contribution in [0.5, 0.6) is 0 Å². The van der Waals surface area contributed by atoms with Crippen LogP contribution in [0, 0.1) is 0 Å². The van der Waals surface area contributed by atoms with Crippen LogP contribution in [-0.4, -0.2) is 35.1 Å². The van der Waals surface area contributed by atoms with Crippen LogP contribution < -0.4 is 4.46 Å². The third kappa shape index (κ3) is 2.34. The topological polar surface area (TPSA) is 55.2 Å². The zero-order chi connectivity index (χ0) is 13.2. The first-order chi connectivity index (χ1) is 9.31. The van der Waals surface area contributed by atoms with E-state index >= 15 is 0 Å². The van der Waals surface area contributed by atoms with Crippen LogP contribution in [0.2, 0.25) is 0 Å². The van der Waals surface area contributed by atoms with Gasteiger partial charge in [-0.1, -0.05) is 0 Å². The average molecular weight is 354 g/mol. The summed E-state index contributed by atoms with van der Waals surface area (Å²) in [5, 5.41) is 5.88. The second-order valence-corrected chi connectivity index (χ2v) is 7.73. The van der Waals surface area contributed by atoms with Crippen LogP contribution in [-0.2, 0) is 3.83 Å². The van der Waals surface area contributed by atoms with Crippen molar-refractivity contribution in [2.45, 2.75) is 4.90 Å². The van der Waals surface area contributed by atoms with E-state index in [1.54, 1.807) is 11.8 Å². The van der Waals surface area contributed by atoms with Crippen LogP contribution >= 0.6 is 23.3 Å². The van der Waals surface area contributed by atoms with Crippen molar-refractivity contribution in [1.29, 1.82) is 0 Å². The molecule has 0 fully saturated rings. The molecule has 0 radical (unpaired) electrons. The Morgan fingerprint density at radius 2 is 2.37 bits per heavy atom. The molecule has 1 aliphatic rings. The Bertz CT molecular complexity index is 682. The SMILES string of the molecule is C=CCSc1cccc2c1C(c1csnn1)=N[Se]2=O. The van der Waals surface area contributed by atoms with Crippen molar-refractivity contribution in [2.24, 2.45) is 4.01 Å². The van der Waals surface area contributed by atoms with Gasteiger partial charge in [0, 0.05) is 0 Å². The van der Waals surface area contributed by atoms with Crippen molar-refractivity contribution in [3.63, 3.8) is 0 Å². The second kappa shape index (κ2) is 5.46. The summed E-state index contributed by atoms with van der Waals surface area (Å²) in [6, 6.07) is 5.84. The van der Waals surface area contributed by atoms with Gasteiger partial charge in [0.05, 0.1) is 0 Å². The van der Waals surface area contributed by atoms with E-state index in [9.17, 15) is 3.83 Å². The third-order valence-corrected chi connectivity index (χ3v) is 6.34. The molecule has 1 aliphatic heterocycles. The molecule has 0 N–H and O–H groups in total. The summed E-state index contributed by atoms with van der Waals surface area (Å²) in [6.45, 7) is 3.73. The summed E-state index contributed by atoms with van der Waals surface area (Å²) in [5.41, 5.74) is 2.39. The zero-order valence-electron chi connectivity index (χ0n) is 9.78. The van der Waals surface area contributed by atoms with E-state index in [-0.39, 0.29) is 0 Å². The third-order valence-electron chi connectivity index (χ3n) is 2.55. The van der Waals surface area contributed by atoms with Gasteiger partial charge < -0.3 is 0 Å². The van der Waals surface area contributed by atoms with Gasteiger partial charge in [-0.15, -0.1) is 0 Å². The molecule has 4 nitrogen and oxygen atoms in total. The molecule has 0 saturated carbocycles. The van der Waals surface area contributed by atoms with Crippen molar-refractivity contribution >= 4 is 47.5 Å². The van der Waals surface area contributed by atoms with Crippen LogP contribution in [0.3, 0.4) is 0 Å². The molecule has 7 heteroatoms. The predicted molar refractivity (Wildman–Crippen MR) is 79.0 cm³/mol. The molecule has 0 bridgehead atoms. The van der Waals surface area contributed by atoms with Crippen LogP contribution in [0.25, 0.3) is 0 Å². The molecule has 2 aromatic rings. The minimum atomic E-state index is -2.33. The molecule has 1 aromatic carbocycles. The molecule has 1 atom stereocenters.